The number of hydrogen-bond donors (Lipinski definition) is 2. The number of ether oxygens (including phenoxy) is 1. The van der Waals surface area contributed by atoms with Crippen LogP contribution in [0.2, 0.25) is 0 Å². The van der Waals surface area contributed by atoms with E-state index in [2.05, 4.69) is 16.3 Å². The summed E-state index contributed by atoms with van der Waals surface area (Å²) in [4.78, 5) is 13.2. The van der Waals surface area contributed by atoms with Crippen molar-refractivity contribution in [2.45, 2.75) is 44.3 Å². The standard InChI is InChI=1S/C19H25N3O3/c1-25-18-5-4-14(6-15(18)9-20)10-21-16-7-17(8-16)22(12-19(23)24)11-13-2-3-13/h4-6,13,16-17,21H,2-3,7-8,10-12H2,1H3,(H,23,24). The van der Waals surface area contributed by atoms with Gasteiger partial charge >= 0.3 is 5.97 Å². The largest absolute Gasteiger partial charge is 0.495 e. The molecule has 0 amide bonds. The highest BCUT2D eigenvalue weighted by Crippen LogP contribution is 2.33. The SMILES string of the molecule is COc1ccc(CNC2CC(N(CC(=O)O)CC3CC3)C2)cc1C#N. The zero-order chi connectivity index (χ0) is 17.8. The summed E-state index contributed by atoms with van der Waals surface area (Å²) < 4.78 is 5.16. The maximum absolute atomic E-state index is 11.1. The predicted molar refractivity (Wildman–Crippen MR) is 93.3 cm³/mol. The molecule has 134 valence electrons. The van der Waals surface area contributed by atoms with E-state index >= 15 is 0 Å². The van der Waals surface area contributed by atoms with Crippen molar-refractivity contribution in [1.29, 1.82) is 5.26 Å². The number of benzene rings is 1. The number of rotatable bonds is 9. The van der Waals surface area contributed by atoms with Gasteiger partial charge in [0.25, 0.3) is 0 Å². The Morgan fingerprint density at radius 1 is 1.44 bits per heavy atom. The van der Waals surface area contributed by atoms with Crippen molar-refractivity contribution in [1.82, 2.24) is 10.2 Å². The molecule has 1 aromatic carbocycles. The second kappa shape index (κ2) is 7.85. The fraction of sp³-hybridized carbons (Fsp3) is 0.579. The Hall–Kier alpha value is -2.10. The minimum atomic E-state index is -0.737. The van der Waals surface area contributed by atoms with Crippen molar-refractivity contribution in [3.8, 4) is 11.8 Å². The first kappa shape index (κ1) is 17.7. The first-order chi connectivity index (χ1) is 12.1. The molecular weight excluding hydrogens is 318 g/mol. The third-order valence-electron chi connectivity index (χ3n) is 5.14. The van der Waals surface area contributed by atoms with Crippen LogP contribution in [-0.2, 0) is 11.3 Å². The zero-order valence-corrected chi connectivity index (χ0v) is 14.6. The van der Waals surface area contributed by atoms with Gasteiger partial charge in [-0.2, -0.15) is 5.26 Å². The summed E-state index contributed by atoms with van der Waals surface area (Å²) in [6, 6.07) is 8.58. The molecule has 0 heterocycles. The van der Waals surface area contributed by atoms with Crippen molar-refractivity contribution >= 4 is 5.97 Å². The lowest BCUT2D eigenvalue weighted by molar-refractivity contribution is -0.139. The average molecular weight is 343 g/mol. The smallest absolute Gasteiger partial charge is 0.317 e. The second-order valence-corrected chi connectivity index (χ2v) is 7.12. The molecule has 0 aliphatic heterocycles. The topological polar surface area (TPSA) is 85.6 Å². The number of aliphatic carboxylic acids is 1. The van der Waals surface area contributed by atoms with Crippen LogP contribution in [0, 0.1) is 17.2 Å². The van der Waals surface area contributed by atoms with Crippen molar-refractivity contribution in [3.63, 3.8) is 0 Å². The first-order valence-corrected chi connectivity index (χ1v) is 8.85. The summed E-state index contributed by atoms with van der Waals surface area (Å²) >= 11 is 0. The summed E-state index contributed by atoms with van der Waals surface area (Å²) in [5.74, 6) is 0.564. The molecule has 0 saturated heterocycles. The molecular formula is C19H25N3O3. The van der Waals surface area contributed by atoms with Crippen LogP contribution in [0.15, 0.2) is 18.2 Å². The zero-order valence-electron chi connectivity index (χ0n) is 14.6. The van der Waals surface area contributed by atoms with E-state index in [1.807, 2.05) is 18.2 Å². The number of nitrogens with one attached hydrogen (secondary N) is 1. The minimum Gasteiger partial charge on any atom is -0.495 e. The van der Waals surface area contributed by atoms with E-state index in [-0.39, 0.29) is 6.54 Å². The van der Waals surface area contributed by atoms with Crippen molar-refractivity contribution in [2.24, 2.45) is 5.92 Å². The third kappa shape index (κ3) is 4.71. The van der Waals surface area contributed by atoms with Crippen LogP contribution in [0.3, 0.4) is 0 Å². The number of nitriles is 1. The maximum Gasteiger partial charge on any atom is 0.317 e. The lowest BCUT2D eigenvalue weighted by Crippen LogP contribution is -2.54. The van der Waals surface area contributed by atoms with Crippen LogP contribution in [-0.4, -0.2) is 48.3 Å². The Morgan fingerprint density at radius 2 is 2.20 bits per heavy atom. The number of carbonyl (C=O) groups is 1. The van der Waals surface area contributed by atoms with Gasteiger partial charge in [-0.25, -0.2) is 0 Å². The van der Waals surface area contributed by atoms with Gasteiger partial charge in [-0.05, 0) is 49.3 Å². The quantitative estimate of drug-likeness (QED) is 0.713. The fourth-order valence-corrected chi connectivity index (χ4v) is 3.42. The molecule has 0 aromatic heterocycles. The van der Waals surface area contributed by atoms with E-state index in [1.165, 1.54) is 12.8 Å². The monoisotopic (exact) mass is 343 g/mol. The lowest BCUT2D eigenvalue weighted by atomic mass is 9.85. The van der Waals surface area contributed by atoms with Crippen LogP contribution in [0.5, 0.6) is 5.75 Å². The van der Waals surface area contributed by atoms with Gasteiger partial charge in [-0.15, -0.1) is 0 Å². The molecule has 0 atom stereocenters. The molecule has 3 rings (SSSR count). The fourth-order valence-electron chi connectivity index (χ4n) is 3.42. The second-order valence-electron chi connectivity index (χ2n) is 7.12. The van der Waals surface area contributed by atoms with Gasteiger partial charge < -0.3 is 15.2 Å². The Kier molecular flexibility index (Phi) is 5.57. The van der Waals surface area contributed by atoms with E-state index in [9.17, 15) is 4.79 Å². The van der Waals surface area contributed by atoms with E-state index < -0.39 is 5.97 Å². The summed E-state index contributed by atoms with van der Waals surface area (Å²) in [6.07, 6.45) is 4.45. The molecule has 6 heteroatoms. The molecule has 2 aliphatic carbocycles. The van der Waals surface area contributed by atoms with Crippen molar-refractivity contribution < 1.29 is 14.6 Å². The van der Waals surface area contributed by atoms with Crippen molar-refractivity contribution in [2.75, 3.05) is 20.2 Å². The summed E-state index contributed by atoms with van der Waals surface area (Å²) in [6.45, 7) is 1.78. The van der Waals surface area contributed by atoms with Crippen LogP contribution < -0.4 is 10.1 Å². The molecule has 6 nitrogen and oxygen atoms in total. The Balaban J connectivity index is 1.46. The molecule has 1 aromatic rings. The Morgan fingerprint density at radius 3 is 2.80 bits per heavy atom. The molecule has 0 spiro atoms. The molecule has 2 aliphatic rings. The molecule has 0 bridgehead atoms. The normalized spacial score (nSPS) is 22.3. The van der Waals surface area contributed by atoms with E-state index in [4.69, 9.17) is 15.1 Å². The highest BCUT2D eigenvalue weighted by Gasteiger charge is 2.36. The number of nitrogens with zero attached hydrogens (tertiary/aromatic N) is 2. The van der Waals surface area contributed by atoms with Crippen LogP contribution in [0.4, 0.5) is 0 Å². The van der Waals surface area contributed by atoms with E-state index in [0.29, 0.717) is 35.9 Å². The van der Waals surface area contributed by atoms with Crippen LogP contribution in [0.1, 0.15) is 36.8 Å². The number of carboxylic acid groups (broad SMARTS) is 1. The number of hydrogen-bond acceptors (Lipinski definition) is 5. The molecule has 0 radical (unpaired) electrons. The highest BCUT2D eigenvalue weighted by molar-refractivity contribution is 5.69. The average Bonchev–Trinajstić information content (AvgIpc) is 3.36. The van der Waals surface area contributed by atoms with Gasteiger partial charge in [0.15, 0.2) is 0 Å². The number of carboxylic acids is 1. The summed E-state index contributed by atoms with van der Waals surface area (Å²) in [7, 11) is 1.56. The molecule has 0 unspecified atom stereocenters. The first-order valence-electron chi connectivity index (χ1n) is 8.85. The summed E-state index contributed by atoms with van der Waals surface area (Å²) in [5, 5.41) is 21.8. The summed E-state index contributed by atoms with van der Waals surface area (Å²) in [5.41, 5.74) is 1.60. The minimum absolute atomic E-state index is 0.151. The highest BCUT2D eigenvalue weighted by atomic mass is 16.5. The maximum atomic E-state index is 11.1. The van der Waals surface area contributed by atoms with E-state index in [0.717, 1.165) is 24.9 Å². The van der Waals surface area contributed by atoms with Gasteiger partial charge in [0.1, 0.15) is 11.8 Å². The van der Waals surface area contributed by atoms with Gasteiger partial charge in [0, 0.05) is 25.2 Å². The molecule has 2 saturated carbocycles. The number of methoxy groups -OCH3 is 1. The molecule has 2 N–H and O–H groups in total. The van der Waals surface area contributed by atoms with Crippen molar-refractivity contribution in [3.05, 3.63) is 29.3 Å². The molecule has 2 fully saturated rings. The van der Waals surface area contributed by atoms with Gasteiger partial charge in [0.05, 0.1) is 19.2 Å². The van der Waals surface area contributed by atoms with Gasteiger partial charge in [-0.3, -0.25) is 9.69 Å². The lowest BCUT2D eigenvalue weighted by Gasteiger charge is -2.43. The molecule has 25 heavy (non-hydrogen) atoms. The van der Waals surface area contributed by atoms with Gasteiger partial charge in [-0.1, -0.05) is 6.07 Å². The predicted octanol–water partition coefficient (Wildman–Crippen LogP) is 1.98. The van der Waals surface area contributed by atoms with Crippen LogP contribution >= 0.6 is 0 Å². The van der Waals surface area contributed by atoms with Gasteiger partial charge in [0.2, 0.25) is 0 Å². The third-order valence-corrected chi connectivity index (χ3v) is 5.14. The Bertz CT molecular complexity index is 660. The van der Waals surface area contributed by atoms with E-state index in [1.54, 1.807) is 7.11 Å². The Labute approximate surface area is 148 Å². The van der Waals surface area contributed by atoms with Crippen LogP contribution in [0.25, 0.3) is 0 Å².